The maximum atomic E-state index is 12.7. The van der Waals surface area contributed by atoms with E-state index in [2.05, 4.69) is 10.3 Å². The van der Waals surface area contributed by atoms with Crippen LogP contribution in [0.25, 0.3) is 16.2 Å². The Bertz CT molecular complexity index is 1440. The van der Waals surface area contributed by atoms with E-state index in [4.69, 9.17) is 5.14 Å². The first kappa shape index (κ1) is 20.7. The van der Waals surface area contributed by atoms with Crippen LogP contribution in [0.2, 0.25) is 0 Å². The number of carbonyl (C=O) groups excluding carboxylic acids is 1. The predicted octanol–water partition coefficient (Wildman–Crippen LogP) is 3.18. The molecule has 158 valence electrons. The first-order valence-corrected chi connectivity index (χ1v) is 11.2. The van der Waals surface area contributed by atoms with Crippen LogP contribution >= 0.6 is 11.3 Å². The van der Waals surface area contributed by atoms with E-state index < -0.39 is 14.9 Å². The number of nitrogens with zero attached hydrogens (tertiary/aromatic N) is 3. The molecule has 0 radical (unpaired) electrons. The van der Waals surface area contributed by atoms with E-state index in [0.717, 1.165) is 0 Å². The van der Waals surface area contributed by atoms with E-state index >= 15 is 0 Å². The number of fused-ring (bicyclic) bond motifs is 1. The van der Waals surface area contributed by atoms with E-state index in [1.807, 2.05) is 0 Å². The van der Waals surface area contributed by atoms with Gasteiger partial charge in [0.15, 0.2) is 4.96 Å². The lowest BCUT2D eigenvalue weighted by Gasteiger charge is -2.05. The summed E-state index contributed by atoms with van der Waals surface area (Å²) in [5.41, 5.74) is 2.20. The maximum absolute atomic E-state index is 12.7. The van der Waals surface area contributed by atoms with Gasteiger partial charge in [-0.05, 0) is 31.2 Å². The van der Waals surface area contributed by atoms with Crippen molar-refractivity contribution in [2.75, 3.05) is 5.32 Å². The minimum absolute atomic E-state index is 0.0286. The molecule has 4 aromatic rings. The Kier molecular flexibility index (Phi) is 5.05. The van der Waals surface area contributed by atoms with Crippen LogP contribution in [0.3, 0.4) is 0 Å². The number of primary sulfonamides is 1. The first-order chi connectivity index (χ1) is 14.6. The highest BCUT2D eigenvalue weighted by molar-refractivity contribution is 7.89. The molecule has 0 bridgehead atoms. The van der Waals surface area contributed by atoms with Crippen molar-refractivity contribution in [3.63, 3.8) is 0 Å². The van der Waals surface area contributed by atoms with Crippen molar-refractivity contribution in [2.45, 2.75) is 11.8 Å². The molecule has 0 saturated carbocycles. The number of thiazole rings is 1. The number of nitro benzene ring substituents is 1. The molecule has 10 nitrogen and oxygen atoms in total. The van der Waals surface area contributed by atoms with Gasteiger partial charge in [-0.3, -0.25) is 19.3 Å². The van der Waals surface area contributed by atoms with Crippen LogP contribution in [0.1, 0.15) is 15.4 Å². The number of aryl methyl sites for hydroxylation is 1. The number of hydrogen-bond acceptors (Lipinski definition) is 7. The van der Waals surface area contributed by atoms with Gasteiger partial charge in [0.05, 0.1) is 15.5 Å². The fraction of sp³-hybridized carbons (Fsp3) is 0.0526. The molecule has 0 fully saturated rings. The van der Waals surface area contributed by atoms with Crippen LogP contribution in [0, 0.1) is 17.0 Å². The smallest absolute Gasteiger partial charge is 0.270 e. The van der Waals surface area contributed by atoms with E-state index in [1.165, 1.54) is 47.7 Å². The van der Waals surface area contributed by atoms with Crippen LogP contribution in [-0.4, -0.2) is 28.6 Å². The fourth-order valence-electron chi connectivity index (χ4n) is 2.99. The number of amides is 1. The molecule has 3 N–H and O–H groups in total. The Balaban J connectivity index is 1.60. The molecule has 2 aromatic carbocycles. The summed E-state index contributed by atoms with van der Waals surface area (Å²) in [6.45, 7) is 1.77. The summed E-state index contributed by atoms with van der Waals surface area (Å²) in [5.74, 6) is -0.367. The molecule has 1 amide bonds. The Morgan fingerprint density at radius 3 is 2.55 bits per heavy atom. The summed E-state index contributed by atoms with van der Waals surface area (Å²) in [4.78, 5) is 28.7. The second-order valence-electron chi connectivity index (χ2n) is 6.63. The monoisotopic (exact) mass is 457 g/mol. The average Bonchev–Trinajstić information content (AvgIpc) is 3.27. The molecule has 0 aliphatic heterocycles. The zero-order valence-electron chi connectivity index (χ0n) is 16.0. The Hall–Kier alpha value is -3.61. The van der Waals surface area contributed by atoms with Gasteiger partial charge in [-0.15, -0.1) is 0 Å². The van der Waals surface area contributed by atoms with E-state index in [1.54, 1.807) is 29.7 Å². The minimum atomic E-state index is -3.81. The summed E-state index contributed by atoms with van der Waals surface area (Å²) < 4.78 is 24.4. The second-order valence-corrected chi connectivity index (χ2v) is 9.17. The molecule has 0 aliphatic carbocycles. The van der Waals surface area contributed by atoms with Gasteiger partial charge in [0.2, 0.25) is 10.0 Å². The van der Waals surface area contributed by atoms with Crippen LogP contribution < -0.4 is 10.5 Å². The molecule has 0 aliphatic rings. The largest absolute Gasteiger partial charge is 0.321 e. The van der Waals surface area contributed by atoms with Crippen molar-refractivity contribution in [2.24, 2.45) is 5.14 Å². The zero-order chi connectivity index (χ0) is 22.3. The van der Waals surface area contributed by atoms with Crippen molar-refractivity contribution in [1.82, 2.24) is 9.38 Å². The number of nitrogens with two attached hydrogens (primary N) is 1. The number of nitrogens with one attached hydrogen (secondary N) is 1. The number of aromatic nitrogens is 2. The molecule has 0 atom stereocenters. The van der Waals surface area contributed by atoms with E-state index in [-0.39, 0.29) is 16.5 Å². The van der Waals surface area contributed by atoms with Gasteiger partial charge in [0.1, 0.15) is 4.88 Å². The lowest BCUT2D eigenvalue weighted by Crippen LogP contribution is -2.14. The highest BCUT2D eigenvalue weighted by Crippen LogP contribution is 2.29. The number of sulfonamides is 1. The number of nitro groups is 1. The molecule has 0 saturated heterocycles. The van der Waals surface area contributed by atoms with Crippen molar-refractivity contribution in [1.29, 1.82) is 0 Å². The van der Waals surface area contributed by atoms with Crippen LogP contribution in [0.5, 0.6) is 0 Å². The predicted molar refractivity (Wildman–Crippen MR) is 116 cm³/mol. The molecular formula is C19H15N5O5S2. The van der Waals surface area contributed by atoms with Gasteiger partial charge < -0.3 is 5.32 Å². The minimum Gasteiger partial charge on any atom is -0.321 e. The zero-order valence-corrected chi connectivity index (χ0v) is 17.6. The number of anilines is 1. The summed E-state index contributed by atoms with van der Waals surface area (Å²) in [6, 6.07) is 11.7. The summed E-state index contributed by atoms with van der Waals surface area (Å²) in [5, 5.41) is 18.8. The average molecular weight is 457 g/mol. The number of rotatable bonds is 5. The van der Waals surface area contributed by atoms with Crippen LogP contribution in [0.4, 0.5) is 11.4 Å². The first-order valence-electron chi connectivity index (χ1n) is 8.81. The fourth-order valence-corrected chi connectivity index (χ4v) is 4.51. The van der Waals surface area contributed by atoms with Gasteiger partial charge in [-0.2, -0.15) is 0 Å². The van der Waals surface area contributed by atoms with Gasteiger partial charge in [0.25, 0.3) is 11.6 Å². The van der Waals surface area contributed by atoms with Crippen molar-refractivity contribution < 1.29 is 18.1 Å². The SMILES string of the molecule is Cc1c(C(=O)Nc2ccc(S(N)(=O)=O)cc2)sc2nc(-c3cccc([N+](=O)[O-])c3)cn12. The lowest BCUT2D eigenvalue weighted by atomic mass is 10.1. The number of carbonyl (C=O) groups is 1. The lowest BCUT2D eigenvalue weighted by molar-refractivity contribution is -0.384. The van der Waals surface area contributed by atoms with Crippen molar-refractivity contribution >= 4 is 43.6 Å². The van der Waals surface area contributed by atoms with Gasteiger partial charge in [-0.25, -0.2) is 18.5 Å². The van der Waals surface area contributed by atoms with Gasteiger partial charge in [0, 0.05) is 35.3 Å². The van der Waals surface area contributed by atoms with Crippen molar-refractivity contribution in [3.8, 4) is 11.3 Å². The molecule has 0 spiro atoms. The molecule has 4 rings (SSSR count). The van der Waals surface area contributed by atoms with Gasteiger partial charge in [-0.1, -0.05) is 23.5 Å². The third-order valence-corrected chi connectivity index (χ3v) is 6.64. The molecule has 31 heavy (non-hydrogen) atoms. The third-order valence-electron chi connectivity index (χ3n) is 4.56. The molecular weight excluding hydrogens is 442 g/mol. The Morgan fingerprint density at radius 2 is 1.94 bits per heavy atom. The number of benzene rings is 2. The summed E-state index contributed by atoms with van der Waals surface area (Å²) >= 11 is 1.17. The second kappa shape index (κ2) is 7.58. The Morgan fingerprint density at radius 1 is 1.23 bits per heavy atom. The molecule has 2 aromatic heterocycles. The van der Waals surface area contributed by atoms with E-state index in [9.17, 15) is 23.3 Å². The quantitative estimate of drug-likeness (QED) is 0.347. The topological polar surface area (TPSA) is 150 Å². The highest BCUT2D eigenvalue weighted by Gasteiger charge is 2.19. The van der Waals surface area contributed by atoms with Gasteiger partial charge >= 0.3 is 0 Å². The van der Waals surface area contributed by atoms with Crippen molar-refractivity contribution in [3.05, 3.63) is 75.4 Å². The summed E-state index contributed by atoms with van der Waals surface area (Å²) in [7, 11) is -3.81. The molecule has 12 heteroatoms. The number of imidazole rings is 1. The molecule has 0 unspecified atom stereocenters. The number of hydrogen-bond donors (Lipinski definition) is 2. The maximum Gasteiger partial charge on any atom is 0.270 e. The highest BCUT2D eigenvalue weighted by atomic mass is 32.2. The normalized spacial score (nSPS) is 11.5. The number of non-ortho nitro benzene ring substituents is 1. The third kappa shape index (κ3) is 4.03. The molecule has 2 heterocycles. The Labute approximate surface area is 180 Å². The van der Waals surface area contributed by atoms with E-state index in [0.29, 0.717) is 32.5 Å². The van der Waals surface area contributed by atoms with Crippen LogP contribution in [0.15, 0.2) is 59.6 Å². The summed E-state index contributed by atoms with van der Waals surface area (Å²) in [6.07, 6.45) is 1.72. The standard InChI is InChI=1S/C19H15N5O5S2/c1-11-17(18(25)21-13-5-7-15(8-6-13)31(20,28)29)30-19-22-16(10-23(11)19)12-3-2-4-14(9-12)24(26)27/h2-10H,1H3,(H,21,25)(H2,20,28,29). The van der Waals surface area contributed by atoms with Crippen LogP contribution in [-0.2, 0) is 10.0 Å².